The Balaban J connectivity index is 4.76. The molecule has 0 saturated heterocycles. The third-order valence-corrected chi connectivity index (χ3v) is 13.3. The molecule has 2 N–H and O–H groups in total. The minimum atomic E-state index is -4.75. The highest BCUT2D eigenvalue weighted by Crippen LogP contribution is 2.43. The lowest BCUT2D eigenvalue weighted by Gasteiger charge is -2.21. The van der Waals surface area contributed by atoms with Gasteiger partial charge in [0.1, 0.15) is 12.7 Å². The summed E-state index contributed by atoms with van der Waals surface area (Å²) in [4.78, 5) is 48.5. The molecular weight excluding hydrogens is 952 g/mol. The SMILES string of the molecule is CC/C=C\C/C=C\C/C=C\C/C=C\CCCCCCCCC(=O)OC(COC(=O)CCCCCCCC/C=C\C/C=C\C/C=C\CCCCC)COP(=O)(O)OCC(CO)OC(=O)CCCCCCCCCCC. The molecule has 74 heavy (non-hydrogen) atoms. The highest BCUT2D eigenvalue weighted by molar-refractivity contribution is 7.47. The van der Waals surface area contributed by atoms with Gasteiger partial charge in [-0.1, -0.05) is 221 Å². The zero-order valence-electron chi connectivity index (χ0n) is 47.0. The molecule has 0 aliphatic rings. The normalized spacial score (nSPS) is 14.0. The number of phosphoric acid groups is 1. The number of ether oxygens (including phenoxy) is 3. The summed E-state index contributed by atoms with van der Waals surface area (Å²) < 4.78 is 39.5. The summed E-state index contributed by atoms with van der Waals surface area (Å²) in [5.41, 5.74) is 0. The molecule has 3 atom stereocenters. The van der Waals surface area contributed by atoms with E-state index in [2.05, 4.69) is 106 Å². The average molecular weight is 1060 g/mol. The van der Waals surface area contributed by atoms with Crippen LogP contribution in [0.15, 0.2) is 85.1 Å². The summed E-state index contributed by atoms with van der Waals surface area (Å²) in [5, 5.41) is 9.78. The van der Waals surface area contributed by atoms with Crippen molar-refractivity contribution in [3.05, 3.63) is 85.1 Å². The molecule has 0 aromatic carbocycles. The highest BCUT2D eigenvalue weighted by atomic mass is 31.2. The highest BCUT2D eigenvalue weighted by Gasteiger charge is 2.28. The largest absolute Gasteiger partial charge is 0.472 e. The number of hydrogen-bond acceptors (Lipinski definition) is 10. The second-order valence-corrected chi connectivity index (χ2v) is 20.9. The molecule has 0 aromatic heterocycles. The van der Waals surface area contributed by atoms with Gasteiger partial charge in [-0.15, -0.1) is 0 Å². The fourth-order valence-corrected chi connectivity index (χ4v) is 8.61. The molecule has 0 aliphatic heterocycles. The van der Waals surface area contributed by atoms with Crippen LogP contribution in [0.1, 0.15) is 252 Å². The third kappa shape index (κ3) is 53.5. The Hall–Kier alpha value is -3.34. The van der Waals surface area contributed by atoms with E-state index in [0.29, 0.717) is 19.3 Å². The first-order valence-electron chi connectivity index (χ1n) is 29.5. The minimum Gasteiger partial charge on any atom is -0.462 e. The van der Waals surface area contributed by atoms with E-state index in [0.717, 1.165) is 135 Å². The summed E-state index contributed by atoms with van der Waals surface area (Å²) in [6.07, 6.45) is 64.0. The second kappa shape index (κ2) is 55.9. The maximum absolute atomic E-state index is 12.9. The number of unbranched alkanes of at least 4 members (excludes halogenated alkanes) is 23. The predicted octanol–water partition coefficient (Wildman–Crippen LogP) is 17.5. The van der Waals surface area contributed by atoms with E-state index >= 15 is 0 Å². The topological polar surface area (TPSA) is 155 Å². The number of esters is 3. The van der Waals surface area contributed by atoms with Crippen molar-refractivity contribution in [2.75, 3.05) is 26.4 Å². The summed E-state index contributed by atoms with van der Waals surface area (Å²) in [5.74, 6) is -1.50. The van der Waals surface area contributed by atoms with E-state index < -0.39 is 57.8 Å². The lowest BCUT2D eigenvalue weighted by atomic mass is 10.1. The first-order valence-corrected chi connectivity index (χ1v) is 31.0. The molecule has 0 spiro atoms. The van der Waals surface area contributed by atoms with Crippen LogP contribution in [0, 0.1) is 0 Å². The van der Waals surface area contributed by atoms with Crippen LogP contribution >= 0.6 is 7.82 Å². The molecule has 0 heterocycles. The van der Waals surface area contributed by atoms with E-state index in [1.54, 1.807) is 0 Å². The van der Waals surface area contributed by atoms with Gasteiger partial charge in [-0.2, -0.15) is 0 Å². The van der Waals surface area contributed by atoms with Crippen LogP contribution in [0.25, 0.3) is 0 Å². The van der Waals surface area contributed by atoms with Gasteiger partial charge in [0.05, 0.1) is 19.8 Å². The fourth-order valence-electron chi connectivity index (χ4n) is 7.82. The van der Waals surface area contributed by atoms with Crippen molar-refractivity contribution in [3.8, 4) is 0 Å². The quantitative estimate of drug-likeness (QED) is 0.0197. The number of phosphoric ester groups is 1. The molecule has 12 heteroatoms. The summed E-state index contributed by atoms with van der Waals surface area (Å²) in [6, 6.07) is 0. The van der Waals surface area contributed by atoms with Gasteiger partial charge >= 0.3 is 25.7 Å². The molecule has 426 valence electrons. The maximum atomic E-state index is 12.9. The van der Waals surface area contributed by atoms with Crippen LogP contribution < -0.4 is 0 Å². The fraction of sp³-hybridized carbons (Fsp3) is 0.726. The molecule has 0 fully saturated rings. The Morgan fingerprint density at radius 1 is 0.392 bits per heavy atom. The molecule has 0 bridgehead atoms. The first-order chi connectivity index (χ1) is 36.2. The number of rotatable bonds is 54. The molecule has 0 amide bonds. The summed E-state index contributed by atoms with van der Waals surface area (Å²) >= 11 is 0. The van der Waals surface area contributed by atoms with E-state index in [-0.39, 0.29) is 25.9 Å². The first kappa shape index (κ1) is 70.7. The summed E-state index contributed by atoms with van der Waals surface area (Å²) in [6.45, 7) is 4.46. The second-order valence-electron chi connectivity index (χ2n) is 19.4. The Morgan fingerprint density at radius 2 is 0.703 bits per heavy atom. The van der Waals surface area contributed by atoms with Crippen LogP contribution in [0.5, 0.6) is 0 Å². The molecule has 0 radical (unpaired) electrons. The predicted molar refractivity (Wildman–Crippen MR) is 307 cm³/mol. The zero-order valence-corrected chi connectivity index (χ0v) is 47.9. The molecule has 3 unspecified atom stereocenters. The van der Waals surface area contributed by atoms with Gasteiger partial charge in [0.15, 0.2) is 6.10 Å². The Kier molecular flexibility index (Phi) is 53.4. The van der Waals surface area contributed by atoms with Crippen LogP contribution in [0.4, 0.5) is 0 Å². The number of carbonyl (C=O) groups excluding carboxylic acids is 3. The van der Waals surface area contributed by atoms with Crippen LogP contribution in [-0.2, 0) is 42.2 Å². The number of allylic oxidation sites excluding steroid dienone is 14. The molecule has 11 nitrogen and oxygen atoms in total. The third-order valence-electron chi connectivity index (χ3n) is 12.3. The standard InChI is InChI=1S/C62H107O11P/c1-4-7-10-13-16-19-21-23-25-27-29-31-33-35-37-40-42-45-48-51-60(64)69-55-59(57-71-74(67,68)70-56-58(54-63)72-61(65)52-49-46-43-39-18-15-12-9-6-3)73-62(66)53-50-47-44-41-38-36-34-32-30-28-26-24-22-20-17-14-11-8-5-2/h8,11,16-17,19-20,23-26,29-32,58-59,63H,4-7,9-10,12-15,18,21-22,27-28,33-57H2,1-3H3,(H,67,68)/b11-8-,19-16-,20-17-,25-23-,26-24-,31-29-,32-30-. The van der Waals surface area contributed by atoms with Gasteiger partial charge in [-0.3, -0.25) is 23.4 Å². The number of aliphatic hydroxyl groups excluding tert-OH is 1. The van der Waals surface area contributed by atoms with Crippen molar-refractivity contribution in [1.82, 2.24) is 0 Å². The monoisotopic (exact) mass is 1060 g/mol. The van der Waals surface area contributed by atoms with E-state index in [9.17, 15) is 28.9 Å². The average Bonchev–Trinajstić information content (AvgIpc) is 3.39. The molecule has 0 rings (SSSR count). The van der Waals surface area contributed by atoms with Crippen molar-refractivity contribution in [1.29, 1.82) is 0 Å². The van der Waals surface area contributed by atoms with Crippen molar-refractivity contribution in [3.63, 3.8) is 0 Å². The van der Waals surface area contributed by atoms with Crippen molar-refractivity contribution in [2.45, 2.75) is 264 Å². The van der Waals surface area contributed by atoms with E-state index in [4.69, 9.17) is 23.3 Å². The minimum absolute atomic E-state index is 0.146. The van der Waals surface area contributed by atoms with Gasteiger partial charge in [-0.05, 0) is 96.3 Å². The van der Waals surface area contributed by atoms with Gasteiger partial charge < -0.3 is 24.2 Å². The molecule has 0 aliphatic carbocycles. The van der Waals surface area contributed by atoms with E-state index in [1.807, 2.05) is 0 Å². The number of hydrogen-bond donors (Lipinski definition) is 2. The number of carbonyl (C=O) groups is 3. The lowest BCUT2D eigenvalue weighted by molar-refractivity contribution is -0.161. The lowest BCUT2D eigenvalue weighted by Crippen LogP contribution is -2.30. The Morgan fingerprint density at radius 3 is 1.11 bits per heavy atom. The van der Waals surface area contributed by atoms with Crippen molar-refractivity contribution in [2.24, 2.45) is 0 Å². The van der Waals surface area contributed by atoms with Gasteiger partial charge in [0, 0.05) is 19.3 Å². The molecular formula is C62H107O11P. The Bertz CT molecular complexity index is 1560. The van der Waals surface area contributed by atoms with E-state index in [1.165, 1.54) is 57.8 Å². The maximum Gasteiger partial charge on any atom is 0.472 e. The van der Waals surface area contributed by atoms with Crippen LogP contribution in [0.2, 0.25) is 0 Å². The molecule has 0 saturated carbocycles. The Labute approximate surface area is 451 Å². The summed E-state index contributed by atoms with van der Waals surface area (Å²) in [7, 11) is -4.75. The zero-order chi connectivity index (χ0) is 54.1. The van der Waals surface area contributed by atoms with Crippen LogP contribution in [0.3, 0.4) is 0 Å². The van der Waals surface area contributed by atoms with Gasteiger partial charge in [0.2, 0.25) is 0 Å². The van der Waals surface area contributed by atoms with Gasteiger partial charge in [0.25, 0.3) is 0 Å². The van der Waals surface area contributed by atoms with Crippen LogP contribution in [-0.4, -0.2) is 66.5 Å². The van der Waals surface area contributed by atoms with Crippen molar-refractivity contribution >= 4 is 25.7 Å². The smallest absolute Gasteiger partial charge is 0.462 e. The molecule has 0 aromatic rings. The number of aliphatic hydroxyl groups is 1. The van der Waals surface area contributed by atoms with Gasteiger partial charge in [-0.25, -0.2) is 4.57 Å². The van der Waals surface area contributed by atoms with Crippen molar-refractivity contribution < 1.29 is 52.2 Å².